The number of allylic oxidation sites excluding steroid dienone is 20. The van der Waals surface area contributed by atoms with Crippen LogP contribution in [0.25, 0.3) is 0 Å². The summed E-state index contributed by atoms with van der Waals surface area (Å²) in [4.78, 5) is 99.2. The largest absolute Gasteiger partial charge is 0.481 e. The van der Waals surface area contributed by atoms with Crippen molar-refractivity contribution in [2.45, 2.75) is 148 Å². The van der Waals surface area contributed by atoms with E-state index < -0.39 is 72.1 Å². The summed E-state index contributed by atoms with van der Waals surface area (Å²) < 4.78 is 11.1. The molecular weight excluding hydrogens is 993 g/mol. The molecule has 0 aromatic heterocycles. The maximum Gasteiger partial charge on any atom is 0.326 e. The normalized spacial score (nSPS) is 19.4. The summed E-state index contributed by atoms with van der Waals surface area (Å²) in [5.74, 6) is -3.94. The minimum Gasteiger partial charge on any atom is -0.481 e. The van der Waals surface area contributed by atoms with Gasteiger partial charge in [-0.15, -0.1) is 0 Å². The zero-order valence-electron chi connectivity index (χ0n) is 48.6. The van der Waals surface area contributed by atoms with Crippen LogP contribution in [0.3, 0.4) is 0 Å². The maximum absolute atomic E-state index is 13.4. The number of amides is 4. The van der Waals surface area contributed by atoms with Gasteiger partial charge in [-0.25, -0.2) is 9.59 Å². The number of esters is 2. The quantitative estimate of drug-likeness (QED) is 0.0317. The number of nitrogens with one attached hydrogen (secondary N) is 4. The van der Waals surface area contributed by atoms with E-state index in [1.807, 2.05) is 168 Å². The van der Waals surface area contributed by atoms with E-state index in [9.17, 15) is 48.6 Å². The van der Waals surface area contributed by atoms with Gasteiger partial charge in [0.25, 0.3) is 0 Å². The molecule has 0 radical (unpaired) electrons. The van der Waals surface area contributed by atoms with Gasteiger partial charge >= 0.3 is 35.9 Å². The van der Waals surface area contributed by atoms with Gasteiger partial charge in [-0.3, -0.25) is 28.8 Å². The van der Waals surface area contributed by atoms with Crippen LogP contribution < -0.4 is 21.3 Å². The highest BCUT2D eigenvalue weighted by Crippen LogP contribution is 2.42. The lowest BCUT2D eigenvalue weighted by atomic mass is 9.71. The van der Waals surface area contributed by atoms with Crippen molar-refractivity contribution >= 4 is 47.5 Å². The molecule has 4 unspecified atom stereocenters. The van der Waals surface area contributed by atoms with Gasteiger partial charge in [0.05, 0.1) is 0 Å². The Morgan fingerprint density at radius 3 is 1.18 bits per heavy atom. The number of carboxylic acids is 2. The summed E-state index contributed by atoms with van der Waals surface area (Å²) >= 11 is 0. The molecule has 0 aromatic carbocycles. The third-order valence-corrected chi connectivity index (χ3v) is 13.2. The highest BCUT2D eigenvalue weighted by Gasteiger charge is 2.41. The van der Waals surface area contributed by atoms with E-state index in [4.69, 9.17) is 9.47 Å². The topological polar surface area (TPSA) is 244 Å². The first-order valence-corrected chi connectivity index (χ1v) is 26.9. The smallest absolute Gasteiger partial charge is 0.326 e. The lowest BCUT2D eigenvalue weighted by Crippen LogP contribution is -2.44. The Morgan fingerprint density at radius 2 is 0.859 bits per heavy atom. The van der Waals surface area contributed by atoms with E-state index in [1.54, 1.807) is 13.8 Å². The minimum atomic E-state index is -0.990. The van der Waals surface area contributed by atoms with Gasteiger partial charge in [0.2, 0.25) is 0 Å². The van der Waals surface area contributed by atoms with Gasteiger partial charge < -0.3 is 41.0 Å². The molecule has 78 heavy (non-hydrogen) atoms. The van der Waals surface area contributed by atoms with Crippen LogP contribution in [0.15, 0.2) is 130 Å². The maximum atomic E-state index is 13.4. The molecule has 2 aliphatic carbocycles. The van der Waals surface area contributed by atoms with Gasteiger partial charge in [-0.1, -0.05) is 163 Å². The van der Waals surface area contributed by atoms with Crippen molar-refractivity contribution in [3.8, 4) is 0 Å². The molecule has 16 heteroatoms. The molecule has 4 amide bonds. The molecule has 2 aliphatic rings. The molecule has 2 rings (SSSR count). The fraction of sp³-hybridized carbons (Fsp3) is 0.516. The van der Waals surface area contributed by atoms with Crippen molar-refractivity contribution in [1.29, 1.82) is 0 Å². The van der Waals surface area contributed by atoms with E-state index in [0.29, 0.717) is 24.0 Å². The third kappa shape index (κ3) is 25.4. The fourth-order valence-electron chi connectivity index (χ4n) is 9.37. The first kappa shape index (κ1) is 67.0. The number of hydrogen-bond acceptors (Lipinski definition) is 10. The average Bonchev–Trinajstić information content (AvgIpc) is 3.32. The zero-order valence-corrected chi connectivity index (χ0v) is 48.6. The number of hydrogen-bond donors (Lipinski definition) is 6. The number of ketones is 2. The van der Waals surface area contributed by atoms with Crippen molar-refractivity contribution < 1.29 is 58.0 Å². The van der Waals surface area contributed by atoms with Crippen molar-refractivity contribution in [3.05, 3.63) is 130 Å². The van der Waals surface area contributed by atoms with Crippen LogP contribution >= 0.6 is 0 Å². The molecule has 4 atom stereocenters. The minimum absolute atomic E-state index is 0.0761. The number of carbonyl (C=O) groups excluding carboxylic acids is 6. The van der Waals surface area contributed by atoms with Crippen LogP contribution in [0.5, 0.6) is 0 Å². The summed E-state index contributed by atoms with van der Waals surface area (Å²) in [6.07, 6.45) is 27.2. The van der Waals surface area contributed by atoms with Crippen LogP contribution in [0.2, 0.25) is 0 Å². The van der Waals surface area contributed by atoms with E-state index in [0.717, 1.165) is 33.4 Å². The summed E-state index contributed by atoms with van der Waals surface area (Å²) in [6, 6.07) is -1.24. The lowest BCUT2D eigenvalue weighted by Gasteiger charge is -2.36. The monoisotopic (exact) mass is 1080 g/mol. The van der Waals surface area contributed by atoms with Crippen LogP contribution in [0.1, 0.15) is 135 Å². The predicted molar refractivity (Wildman–Crippen MR) is 306 cm³/mol. The summed E-state index contributed by atoms with van der Waals surface area (Å²) in [6.45, 7) is 26.7. The molecule has 16 nitrogen and oxygen atoms in total. The molecule has 0 saturated heterocycles. The van der Waals surface area contributed by atoms with Gasteiger partial charge in [-0.05, 0) is 111 Å². The first-order valence-electron chi connectivity index (χ1n) is 26.9. The molecule has 0 saturated carbocycles. The van der Waals surface area contributed by atoms with Crippen LogP contribution in [0, 0.1) is 34.5 Å². The van der Waals surface area contributed by atoms with Crippen molar-refractivity contribution in [2.24, 2.45) is 34.5 Å². The lowest BCUT2D eigenvalue weighted by molar-refractivity contribution is -0.155. The Kier molecular flexibility index (Phi) is 28.0. The molecule has 0 heterocycles. The molecule has 0 fully saturated rings. The molecule has 0 bridgehead atoms. The SMILES string of the molecule is CC(C=CC=C(C)C=CC1=C(C)C(=O)C(OC(=O)CNC(=O)NCC(CC(=O)O)CC(C)C)CC1(C)C)=CC=CC=C(C)C=CC=C(C)C=CC1=C(C)C(=O)C(OC(=O)CNC(=O)NCC(CC(=O)O)CC(C)C)CC1(C)C. The second-order valence-corrected chi connectivity index (χ2v) is 22.7. The second-order valence-electron chi connectivity index (χ2n) is 22.7. The number of carbonyl (C=O) groups is 8. The van der Waals surface area contributed by atoms with E-state index in [1.165, 1.54) is 0 Å². The van der Waals surface area contributed by atoms with Gasteiger partial charge in [0.1, 0.15) is 13.1 Å². The number of Topliss-reactive ketones (excluding diaryl/α,β-unsaturated/α-hetero) is 2. The van der Waals surface area contributed by atoms with E-state index >= 15 is 0 Å². The van der Waals surface area contributed by atoms with Crippen LogP contribution in [-0.4, -0.2) is 96.1 Å². The Balaban J connectivity index is 1.92. The van der Waals surface area contributed by atoms with Gasteiger partial charge in [0.15, 0.2) is 23.8 Å². The predicted octanol–water partition coefficient (Wildman–Crippen LogP) is 10.9. The molecule has 0 aromatic rings. The van der Waals surface area contributed by atoms with Crippen molar-refractivity contribution in [2.75, 3.05) is 26.2 Å². The Labute approximate surface area is 463 Å². The molecule has 0 spiro atoms. The first-order chi connectivity index (χ1) is 36.4. The number of urea groups is 2. The van der Waals surface area contributed by atoms with Gasteiger partial charge in [0, 0.05) is 38.8 Å². The van der Waals surface area contributed by atoms with Crippen LogP contribution in [-0.2, 0) is 38.2 Å². The van der Waals surface area contributed by atoms with Crippen LogP contribution in [0.4, 0.5) is 9.59 Å². The summed E-state index contributed by atoms with van der Waals surface area (Å²) in [5, 5.41) is 28.5. The number of ether oxygens (including phenoxy) is 2. The average molecular weight is 1080 g/mol. The molecule has 6 N–H and O–H groups in total. The summed E-state index contributed by atoms with van der Waals surface area (Å²) in [5.41, 5.74) is 5.73. The Bertz CT molecular complexity index is 2370. The number of carboxylic acid groups (broad SMARTS) is 2. The molecule has 0 aliphatic heterocycles. The van der Waals surface area contributed by atoms with Crippen molar-refractivity contribution in [1.82, 2.24) is 21.3 Å². The van der Waals surface area contributed by atoms with Crippen molar-refractivity contribution in [3.63, 3.8) is 0 Å². The summed E-state index contributed by atoms with van der Waals surface area (Å²) in [7, 11) is 0. The Hall–Kier alpha value is -7.10. The number of rotatable bonds is 28. The highest BCUT2D eigenvalue weighted by atomic mass is 16.6. The fourth-order valence-corrected chi connectivity index (χ4v) is 9.37. The number of aliphatic carboxylic acids is 2. The molecular formula is C62H88N4O12. The van der Waals surface area contributed by atoms with E-state index in [-0.39, 0.29) is 74.0 Å². The highest BCUT2D eigenvalue weighted by molar-refractivity contribution is 6.02. The zero-order chi connectivity index (χ0) is 58.9. The standard InChI is InChI=1S/C62H88N4O12/c1-39(2)29-47(31-53(67)68)35-63-59(75)65-37-55(71)77-51-33-61(11,12)49(45(9)57(51)73)27-25-43(7)23-17-21-41(5)19-15-16-20-42(6)22-18-24-44(8)26-28-50-46(10)58(74)52(34-62(50,13)14)78-56(72)38-66-60(76)64-36-48(30-40(3)4)32-54(69)70/h15-28,39-40,47-48,51-52H,29-38H2,1-14H3,(H,67,68)(H,69,70)(H2,63,65,75)(H2,64,66,76). The Morgan fingerprint density at radius 1 is 0.538 bits per heavy atom. The van der Waals surface area contributed by atoms with Gasteiger partial charge in [-0.2, -0.15) is 0 Å². The second kappa shape index (κ2) is 32.6. The van der Waals surface area contributed by atoms with E-state index in [2.05, 4.69) is 21.3 Å². The molecule has 428 valence electrons. The third-order valence-electron chi connectivity index (χ3n) is 13.2.